The third kappa shape index (κ3) is 7.14. The second-order valence-corrected chi connectivity index (χ2v) is 22.0. The molecule has 0 aromatic heterocycles. The van der Waals surface area contributed by atoms with Crippen molar-refractivity contribution in [3.05, 3.63) is 135 Å². The van der Waals surface area contributed by atoms with Gasteiger partial charge in [0.05, 0.1) is 8.07 Å². The van der Waals surface area contributed by atoms with Gasteiger partial charge in [0.25, 0.3) is 0 Å². The van der Waals surface area contributed by atoms with Crippen molar-refractivity contribution in [2.75, 3.05) is 0 Å². The fourth-order valence-electron chi connectivity index (χ4n) is 9.84. The molecule has 10 atom stereocenters. The van der Waals surface area contributed by atoms with Crippen molar-refractivity contribution in [1.29, 1.82) is 0 Å². The van der Waals surface area contributed by atoms with Crippen LogP contribution < -0.4 is 0 Å². The van der Waals surface area contributed by atoms with Gasteiger partial charge in [0, 0.05) is 11.8 Å². The number of benzene rings is 2. The first-order chi connectivity index (χ1) is 19.4. The molecular formula is C38H50Cl2SiZr. The van der Waals surface area contributed by atoms with E-state index in [1.54, 1.807) is 0 Å². The zero-order valence-electron chi connectivity index (χ0n) is 26.3. The number of halogens is 2. The van der Waals surface area contributed by atoms with E-state index in [1.165, 1.54) is 24.0 Å². The van der Waals surface area contributed by atoms with Crippen LogP contribution >= 0.6 is 17.0 Å². The van der Waals surface area contributed by atoms with E-state index in [-0.39, 0.29) is 14.9 Å². The van der Waals surface area contributed by atoms with Crippen LogP contribution in [0.2, 0.25) is 24.2 Å². The fourth-order valence-corrected chi connectivity index (χ4v) is 16.2. The van der Waals surface area contributed by atoms with E-state index >= 15 is 0 Å². The number of rotatable bonds is 4. The van der Waals surface area contributed by atoms with Crippen LogP contribution in [-0.2, 0) is 20.8 Å². The summed E-state index contributed by atoms with van der Waals surface area (Å²) in [6, 6.07) is 22.6. The summed E-state index contributed by atoms with van der Waals surface area (Å²) in [5.74, 6) is 5.50. The minimum atomic E-state index is -1.64. The molecule has 0 amide bonds. The molecule has 0 N–H and O–H groups in total. The first kappa shape index (κ1) is 35.6. The van der Waals surface area contributed by atoms with Crippen LogP contribution in [0.15, 0.2) is 109 Å². The van der Waals surface area contributed by atoms with E-state index in [0.29, 0.717) is 23.7 Å². The molecule has 4 heteroatoms. The molecule has 6 rings (SSSR count). The van der Waals surface area contributed by atoms with Crippen LogP contribution in [-0.4, -0.2) is 8.07 Å². The van der Waals surface area contributed by atoms with Crippen LogP contribution in [0.4, 0.5) is 0 Å². The molecule has 10 unspecified atom stereocenters. The van der Waals surface area contributed by atoms with Gasteiger partial charge < -0.3 is 14.9 Å². The molecule has 0 saturated heterocycles. The Morgan fingerprint density at radius 1 is 0.595 bits per heavy atom. The summed E-state index contributed by atoms with van der Waals surface area (Å²) in [7, 11) is 8.22. The Morgan fingerprint density at radius 3 is 1.29 bits per heavy atom. The van der Waals surface area contributed by atoms with Crippen LogP contribution in [0, 0.1) is 50.4 Å². The van der Waals surface area contributed by atoms with Gasteiger partial charge in [-0.05, 0) is 70.6 Å². The predicted molar refractivity (Wildman–Crippen MR) is 186 cm³/mol. The number of hydrogen-bond acceptors (Lipinski definition) is 0. The molecule has 0 nitrogen and oxygen atoms in total. The Balaban J connectivity index is 0.000000930. The molecule has 0 radical (unpaired) electrons. The molecule has 0 heterocycles. The molecule has 0 aliphatic heterocycles. The molecule has 0 bridgehead atoms. The molecule has 0 spiro atoms. The second kappa shape index (κ2) is 15.9. The molecule has 2 saturated carbocycles. The summed E-state index contributed by atoms with van der Waals surface area (Å²) < 4.78 is 0. The Labute approximate surface area is 277 Å². The summed E-state index contributed by atoms with van der Waals surface area (Å²) in [5.41, 5.74) is 4.68. The molecule has 4 aliphatic rings. The van der Waals surface area contributed by atoms with Crippen LogP contribution in [0.3, 0.4) is 0 Å². The molecule has 2 fully saturated rings. The normalized spacial score (nSPS) is 34.3. The van der Waals surface area contributed by atoms with E-state index < -0.39 is 28.9 Å². The Morgan fingerprint density at radius 2 is 0.929 bits per heavy atom. The van der Waals surface area contributed by atoms with E-state index in [1.807, 2.05) is 0 Å². The summed E-state index contributed by atoms with van der Waals surface area (Å²) in [5, 5.41) is 0. The Hall–Kier alpha value is -0.920. The third-order valence-corrected chi connectivity index (χ3v) is 16.2. The SMILES string of the molecule is CC1CC2C(c3ccccc3)C=CC=CC2C1[Si](C)(C)C1C(C)CC2C(c3ccccc3)C=CC=CC21.[CH3-].[CH3-].[Cl][Zr+2][Cl]. The number of fused-ring (bicyclic) bond motifs is 2. The van der Waals surface area contributed by atoms with Crippen molar-refractivity contribution in [1.82, 2.24) is 0 Å². The number of allylic oxidation sites excluding steroid dienone is 8. The first-order valence-electron chi connectivity index (χ1n) is 15.1. The van der Waals surface area contributed by atoms with Gasteiger partial charge in [-0.15, -0.1) is 0 Å². The van der Waals surface area contributed by atoms with Gasteiger partial charge in [-0.1, -0.05) is 136 Å². The topological polar surface area (TPSA) is 0 Å². The van der Waals surface area contributed by atoms with Crippen molar-refractivity contribution >= 4 is 25.1 Å². The summed E-state index contributed by atoms with van der Waals surface area (Å²) in [4.78, 5) is 0. The van der Waals surface area contributed by atoms with Crippen molar-refractivity contribution in [2.45, 2.75) is 62.7 Å². The Bertz CT molecular complexity index is 1130. The quantitative estimate of drug-likeness (QED) is 0.220. The average molecular weight is 697 g/mol. The summed E-state index contributed by atoms with van der Waals surface area (Å²) >= 11 is -0.826. The standard InChI is InChI=1S/C36H44Si.2CH3.2ClH.Zr/c1-25-23-33-29(27-15-7-5-8-16-27)19-11-13-21-31(33)35(25)37(3,4)36-26(2)24-34-30(20-12-14-22-32(34)36)28-17-9-6-10-18-28;;;;;/h5-22,25-26,29-36H,23-24H2,1-4H3;2*1H3;2*1H;/q;2*-1;;;+4/p-2. The molecular weight excluding hydrogens is 647 g/mol. The van der Waals surface area contributed by atoms with Crippen LogP contribution in [0.1, 0.15) is 49.7 Å². The van der Waals surface area contributed by atoms with E-state index in [2.05, 4.69) is 136 Å². The Kier molecular flexibility index (Phi) is 13.4. The maximum atomic E-state index is 4.93. The molecule has 4 aliphatic carbocycles. The molecule has 224 valence electrons. The monoisotopic (exact) mass is 694 g/mol. The van der Waals surface area contributed by atoms with Crippen molar-refractivity contribution < 1.29 is 20.8 Å². The van der Waals surface area contributed by atoms with Crippen LogP contribution in [0.5, 0.6) is 0 Å². The van der Waals surface area contributed by atoms with E-state index in [4.69, 9.17) is 17.0 Å². The summed E-state index contributed by atoms with van der Waals surface area (Å²) in [6.07, 6.45) is 22.4. The predicted octanol–water partition coefficient (Wildman–Crippen LogP) is 12.1. The van der Waals surface area contributed by atoms with E-state index in [0.717, 1.165) is 34.8 Å². The van der Waals surface area contributed by atoms with Crippen LogP contribution in [0.25, 0.3) is 0 Å². The third-order valence-electron chi connectivity index (χ3n) is 10.9. The van der Waals surface area contributed by atoms with Gasteiger partial charge in [0.2, 0.25) is 0 Å². The molecule has 42 heavy (non-hydrogen) atoms. The molecule has 2 aromatic rings. The van der Waals surface area contributed by atoms with Crippen molar-refractivity contribution in [2.24, 2.45) is 35.5 Å². The fraction of sp³-hybridized carbons (Fsp3) is 0.421. The van der Waals surface area contributed by atoms with Gasteiger partial charge in [0.1, 0.15) is 0 Å². The molecule has 2 aromatic carbocycles. The maximum absolute atomic E-state index is 4.93. The van der Waals surface area contributed by atoms with Crippen molar-refractivity contribution in [3.8, 4) is 0 Å². The van der Waals surface area contributed by atoms with Gasteiger partial charge >= 0.3 is 37.9 Å². The van der Waals surface area contributed by atoms with Gasteiger partial charge in [-0.25, -0.2) is 0 Å². The second-order valence-electron chi connectivity index (χ2n) is 13.3. The number of hydrogen-bond donors (Lipinski definition) is 0. The zero-order chi connectivity index (χ0) is 28.3. The summed E-state index contributed by atoms with van der Waals surface area (Å²) in [6.45, 7) is 10.8. The van der Waals surface area contributed by atoms with E-state index in [9.17, 15) is 0 Å². The van der Waals surface area contributed by atoms with Gasteiger partial charge in [-0.2, -0.15) is 0 Å². The minimum absolute atomic E-state index is 0. The average Bonchev–Trinajstić information content (AvgIpc) is 3.28. The van der Waals surface area contributed by atoms with Crippen molar-refractivity contribution in [3.63, 3.8) is 0 Å². The first-order valence-corrected chi connectivity index (χ1v) is 24.6. The van der Waals surface area contributed by atoms with Gasteiger partial charge in [0.15, 0.2) is 0 Å². The van der Waals surface area contributed by atoms with Gasteiger partial charge in [-0.3, -0.25) is 0 Å². The zero-order valence-corrected chi connectivity index (χ0v) is 31.3.